The van der Waals surface area contributed by atoms with Gasteiger partial charge in [-0.15, -0.1) is 0 Å². The number of halogens is 1. The average Bonchev–Trinajstić information content (AvgIpc) is 3.42. The largest absolute Gasteiger partial charge is 0.387 e. The first-order chi connectivity index (χ1) is 15.5. The van der Waals surface area contributed by atoms with E-state index in [0.717, 1.165) is 19.4 Å². The Balaban J connectivity index is 1.53. The lowest BCUT2D eigenvalue weighted by Crippen LogP contribution is -2.40. The van der Waals surface area contributed by atoms with Gasteiger partial charge in [-0.3, -0.25) is 4.57 Å². The van der Waals surface area contributed by atoms with Crippen molar-refractivity contribution in [2.75, 3.05) is 32.2 Å². The van der Waals surface area contributed by atoms with E-state index in [-0.39, 0.29) is 11.9 Å². The van der Waals surface area contributed by atoms with Gasteiger partial charge in [0.25, 0.3) is 0 Å². The highest BCUT2D eigenvalue weighted by Gasteiger charge is 2.49. The third-order valence-electron chi connectivity index (χ3n) is 5.85. The smallest absolute Gasteiger partial charge is 0.359 e. The zero-order valence-corrected chi connectivity index (χ0v) is 19.7. The summed E-state index contributed by atoms with van der Waals surface area (Å²) in [4.78, 5) is 27.7. The van der Waals surface area contributed by atoms with Crippen LogP contribution < -0.4 is 5.32 Å². The number of nitrogens with one attached hydrogen (secondary N) is 1. The highest BCUT2D eigenvalue weighted by molar-refractivity contribution is 7.53. The number of hydrogen-bond acceptors (Lipinski definition) is 10. The predicted molar refractivity (Wildman–Crippen MR) is 116 cm³/mol. The Morgan fingerprint density at radius 1 is 1.33 bits per heavy atom. The van der Waals surface area contributed by atoms with Crippen LogP contribution in [0.25, 0.3) is 11.0 Å². The van der Waals surface area contributed by atoms with Crippen LogP contribution in [0.5, 0.6) is 0 Å². The van der Waals surface area contributed by atoms with E-state index in [1.54, 1.807) is 0 Å². The number of hydrogen-bond donors (Lipinski definition) is 5. The molecule has 15 heteroatoms. The van der Waals surface area contributed by atoms with Crippen LogP contribution in [0.1, 0.15) is 26.0 Å². The lowest BCUT2D eigenvalue weighted by atomic mass is 10.1. The van der Waals surface area contributed by atoms with Crippen molar-refractivity contribution in [1.29, 1.82) is 0 Å². The molecule has 0 spiro atoms. The van der Waals surface area contributed by atoms with E-state index in [9.17, 15) is 24.6 Å². The first kappa shape index (κ1) is 24.7. The maximum atomic E-state index is 11.8. The van der Waals surface area contributed by atoms with E-state index in [1.807, 2.05) is 0 Å². The van der Waals surface area contributed by atoms with Gasteiger partial charge < -0.3 is 39.5 Å². The Hall–Kier alpha value is -1.41. The van der Waals surface area contributed by atoms with Crippen LogP contribution >= 0.6 is 19.2 Å². The fourth-order valence-electron chi connectivity index (χ4n) is 3.59. The van der Waals surface area contributed by atoms with Crippen molar-refractivity contribution < 1.29 is 38.8 Å². The summed E-state index contributed by atoms with van der Waals surface area (Å²) in [6.45, 7) is 1.14. The number of methoxy groups -OCH3 is 1. The Morgan fingerprint density at radius 3 is 2.70 bits per heavy atom. The number of fused-ring (bicyclic) bond motifs is 1. The van der Waals surface area contributed by atoms with E-state index in [0.29, 0.717) is 22.8 Å². The van der Waals surface area contributed by atoms with Crippen molar-refractivity contribution >= 4 is 36.0 Å². The molecule has 13 nitrogen and oxygen atoms in total. The van der Waals surface area contributed by atoms with Gasteiger partial charge in [0.05, 0.1) is 24.8 Å². The van der Waals surface area contributed by atoms with Gasteiger partial charge in [0, 0.05) is 13.7 Å². The standard InChI is InChI=1S/C18H27ClN5O8P/c1-18(8-30-2,33(27,28)29)31-7-11-12(25)13(26)16(32-11)24-15-10(6-21-24)14(22-17(19)23-15)20-5-9-3-4-9/h6,9,11-13,16,25-26H,3-5,7-8H2,1-2H3,(H,20,22,23)(H2,27,28,29)/t11-,12-,13-,16-,18?/m1/s1. The summed E-state index contributed by atoms with van der Waals surface area (Å²) in [7, 11) is -3.44. The molecule has 4 rings (SSSR count). The molecule has 2 aromatic rings. The fourth-order valence-corrected chi connectivity index (χ4v) is 4.30. The molecule has 2 aromatic heterocycles. The Bertz CT molecular complexity index is 1050. The van der Waals surface area contributed by atoms with Crippen molar-refractivity contribution in [2.45, 2.75) is 49.6 Å². The van der Waals surface area contributed by atoms with Gasteiger partial charge in [-0.05, 0) is 37.3 Å². The summed E-state index contributed by atoms with van der Waals surface area (Å²) in [6.07, 6.45) is -1.25. The van der Waals surface area contributed by atoms with Crippen LogP contribution in [0, 0.1) is 5.92 Å². The van der Waals surface area contributed by atoms with E-state index in [4.69, 9.17) is 25.8 Å². The van der Waals surface area contributed by atoms with Crippen molar-refractivity contribution in [3.05, 3.63) is 11.5 Å². The van der Waals surface area contributed by atoms with E-state index < -0.39 is 44.1 Å². The summed E-state index contributed by atoms with van der Waals surface area (Å²) in [5.74, 6) is 1.10. The van der Waals surface area contributed by atoms with Gasteiger partial charge in [0.1, 0.15) is 24.1 Å². The second-order valence-electron chi connectivity index (χ2n) is 8.50. The van der Waals surface area contributed by atoms with Crippen LogP contribution in [0.15, 0.2) is 6.20 Å². The van der Waals surface area contributed by atoms with E-state index in [2.05, 4.69) is 20.4 Å². The summed E-state index contributed by atoms with van der Waals surface area (Å²) in [5, 5.41) is 27.2. The molecular weight excluding hydrogens is 481 g/mol. The van der Waals surface area contributed by atoms with Gasteiger partial charge in [0.15, 0.2) is 17.2 Å². The number of rotatable bonds is 10. The van der Waals surface area contributed by atoms with Crippen molar-refractivity contribution in [3.63, 3.8) is 0 Å². The lowest BCUT2D eigenvalue weighted by Gasteiger charge is -2.31. The molecule has 1 aliphatic carbocycles. The van der Waals surface area contributed by atoms with Crippen molar-refractivity contribution in [3.8, 4) is 0 Å². The summed E-state index contributed by atoms with van der Waals surface area (Å²) in [5.41, 5.74) is 0.297. The summed E-state index contributed by atoms with van der Waals surface area (Å²) in [6, 6.07) is 0. The molecule has 0 radical (unpaired) electrons. The maximum Gasteiger partial charge on any atom is 0.359 e. The average molecular weight is 508 g/mol. The number of aliphatic hydroxyl groups is 2. The SMILES string of the molecule is COCC(C)(OC[C@H]1O[C@@H](n2ncc3c(NCC4CC4)nc(Cl)nc32)[C@H](O)[C@@H]1O)P(=O)(O)O. The zero-order valence-electron chi connectivity index (χ0n) is 18.0. The minimum Gasteiger partial charge on any atom is -0.387 e. The first-order valence-corrected chi connectivity index (χ1v) is 12.4. The molecule has 1 aliphatic heterocycles. The molecule has 0 aromatic carbocycles. The van der Waals surface area contributed by atoms with Crippen LogP contribution in [0.4, 0.5) is 5.82 Å². The summed E-state index contributed by atoms with van der Waals surface area (Å²) >= 11 is 6.09. The number of aromatic nitrogens is 4. The molecule has 0 bridgehead atoms. The van der Waals surface area contributed by atoms with E-state index in [1.165, 1.54) is 24.9 Å². The molecule has 2 aliphatic rings. The number of nitrogens with zero attached hydrogens (tertiary/aromatic N) is 4. The molecule has 5 atom stereocenters. The fraction of sp³-hybridized carbons (Fsp3) is 0.722. The van der Waals surface area contributed by atoms with Crippen LogP contribution in [0.2, 0.25) is 5.28 Å². The van der Waals surface area contributed by atoms with Crippen LogP contribution in [-0.4, -0.2) is 90.3 Å². The first-order valence-electron chi connectivity index (χ1n) is 10.4. The Morgan fingerprint density at radius 2 is 2.06 bits per heavy atom. The molecular formula is C18H27ClN5O8P. The molecule has 184 valence electrons. The van der Waals surface area contributed by atoms with Gasteiger partial charge in [0.2, 0.25) is 5.28 Å². The van der Waals surface area contributed by atoms with Gasteiger partial charge >= 0.3 is 7.60 Å². The minimum absolute atomic E-state index is 0.0209. The molecule has 1 saturated heterocycles. The van der Waals surface area contributed by atoms with Crippen molar-refractivity contribution in [1.82, 2.24) is 19.7 Å². The lowest BCUT2D eigenvalue weighted by molar-refractivity contribution is -0.107. The highest BCUT2D eigenvalue weighted by atomic mass is 35.5. The molecule has 0 amide bonds. The van der Waals surface area contributed by atoms with E-state index >= 15 is 0 Å². The predicted octanol–water partition coefficient (Wildman–Crippen LogP) is 0.478. The normalized spacial score (nSPS) is 27.7. The Labute approximate surface area is 194 Å². The topological polar surface area (TPSA) is 181 Å². The zero-order chi connectivity index (χ0) is 24.0. The van der Waals surface area contributed by atoms with Gasteiger partial charge in [-0.2, -0.15) is 15.1 Å². The maximum absolute atomic E-state index is 11.8. The van der Waals surface area contributed by atoms with Gasteiger partial charge in [-0.25, -0.2) is 4.68 Å². The Kier molecular flexibility index (Phi) is 6.98. The molecule has 1 unspecified atom stereocenters. The second kappa shape index (κ2) is 9.33. The molecule has 33 heavy (non-hydrogen) atoms. The minimum atomic E-state index is -4.72. The molecule has 3 heterocycles. The summed E-state index contributed by atoms with van der Waals surface area (Å²) < 4.78 is 29.2. The number of ether oxygens (including phenoxy) is 3. The second-order valence-corrected chi connectivity index (χ2v) is 10.9. The van der Waals surface area contributed by atoms with Gasteiger partial charge in [-0.1, -0.05) is 0 Å². The number of anilines is 1. The van der Waals surface area contributed by atoms with Crippen LogP contribution in [-0.2, 0) is 18.8 Å². The quantitative estimate of drug-likeness (QED) is 0.222. The molecule has 5 N–H and O–H groups in total. The third kappa shape index (κ3) is 5.02. The van der Waals surface area contributed by atoms with Crippen LogP contribution in [0.3, 0.4) is 0 Å². The molecule has 1 saturated carbocycles. The molecule has 2 fully saturated rings. The van der Waals surface area contributed by atoms with Crippen molar-refractivity contribution in [2.24, 2.45) is 5.92 Å². The third-order valence-corrected chi connectivity index (χ3v) is 7.51. The monoisotopic (exact) mass is 507 g/mol. The number of aliphatic hydroxyl groups excluding tert-OH is 2. The highest BCUT2D eigenvalue weighted by Crippen LogP contribution is 2.51.